The molecule has 0 amide bonds. The maximum Gasteiger partial charge on any atom is 0.228 e. The van der Waals surface area contributed by atoms with Gasteiger partial charge in [0, 0.05) is 18.4 Å². The minimum Gasteiger partial charge on any atom is -0.339 e. The van der Waals surface area contributed by atoms with E-state index in [0.717, 1.165) is 31.0 Å². The first kappa shape index (κ1) is 12.4. The van der Waals surface area contributed by atoms with Crippen LogP contribution in [0.3, 0.4) is 0 Å². The van der Waals surface area contributed by atoms with Crippen molar-refractivity contribution in [1.29, 1.82) is 0 Å². The van der Waals surface area contributed by atoms with Crippen LogP contribution in [0.15, 0.2) is 28.8 Å². The van der Waals surface area contributed by atoms with Crippen molar-refractivity contribution < 1.29 is 4.52 Å². The Bertz CT molecular complexity index is 564. The van der Waals surface area contributed by atoms with Crippen molar-refractivity contribution in [3.8, 4) is 0 Å². The zero-order valence-electron chi connectivity index (χ0n) is 11.4. The summed E-state index contributed by atoms with van der Waals surface area (Å²) in [5, 5.41) is 7.35. The van der Waals surface area contributed by atoms with Crippen LogP contribution in [0.4, 0.5) is 0 Å². The molecule has 19 heavy (non-hydrogen) atoms. The third kappa shape index (κ3) is 2.40. The van der Waals surface area contributed by atoms with Gasteiger partial charge in [-0.1, -0.05) is 29.4 Å². The van der Waals surface area contributed by atoms with Gasteiger partial charge in [0.1, 0.15) is 0 Å². The van der Waals surface area contributed by atoms with E-state index < -0.39 is 0 Å². The highest BCUT2D eigenvalue weighted by atomic mass is 16.5. The minimum atomic E-state index is 0.304. The number of benzene rings is 1. The highest BCUT2D eigenvalue weighted by molar-refractivity contribution is 5.38. The van der Waals surface area contributed by atoms with E-state index in [2.05, 4.69) is 46.6 Å². The van der Waals surface area contributed by atoms with Crippen LogP contribution in [-0.4, -0.2) is 23.2 Å². The van der Waals surface area contributed by atoms with Crippen LogP contribution in [0.25, 0.3) is 0 Å². The molecule has 100 valence electrons. The largest absolute Gasteiger partial charge is 0.339 e. The topological polar surface area (TPSA) is 51.0 Å². The molecule has 1 N–H and O–H groups in total. The summed E-state index contributed by atoms with van der Waals surface area (Å²) in [7, 11) is 1.94. The van der Waals surface area contributed by atoms with Gasteiger partial charge >= 0.3 is 0 Å². The lowest BCUT2D eigenvalue weighted by Gasteiger charge is -2.06. The van der Waals surface area contributed by atoms with Gasteiger partial charge in [0.15, 0.2) is 5.82 Å². The van der Waals surface area contributed by atoms with Crippen molar-refractivity contribution in [1.82, 2.24) is 15.5 Å². The number of aryl methyl sites for hydroxylation is 1. The van der Waals surface area contributed by atoms with E-state index in [1.807, 2.05) is 7.05 Å². The summed E-state index contributed by atoms with van der Waals surface area (Å²) in [5.41, 5.74) is 2.78. The van der Waals surface area contributed by atoms with Crippen LogP contribution >= 0.6 is 0 Å². The van der Waals surface area contributed by atoms with Crippen molar-refractivity contribution in [3.63, 3.8) is 0 Å². The van der Waals surface area contributed by atoms with E-state index in [9.17, 15) is 0 Å². The fraction of sp³-hybridized carbons (Fsp3) is 0.467. The second kappa shape index (κ2) is 5.13. The van der Waals surface area contributed by atoms with Crippen molar-refractivity contribution in [2.45, 2.75) is 38.1 Å². The van der Waals surface area contributed by atoms with Gasteiger partial charge in [-0.3, -0.25) is 0 Å². The second-order valence-electron chi connectivity index (χ2n) is 5.23. The SMILES string of the molecule is CNC(C)Cc1nc(C2CCc3ccccc32)no1. The first-order valence-corrected chi connectivity index (χ1v) is 6.85. The number of hydrogen-bond donors (Lipinski definition) is 1. The van der Waals surface area contributed by atoms with Gasteiger partial charge in [0.05, 0.1) is 0 Å². The molecule has 1 aromatic carbocycles. The normalized spacial score (nSPS) is 19.4. The minimum absolute atomic E-state index is 0.304. The summed E-state index contributed by atoms with van der Waals surface area (Å²) in [6.45, 7) is 2.11. The van der Waals surface area contributed by atoms with E-state index in [-0.39, 0.29) is 0 Å². The molecule has 0 radical (unpaired) electrons. The molecule has 1 aliphatic carbocycles. The van der Waals surface area contributed by atoms with Crippen LogP contribution < -0.4 is 5.32 Å². The number of aromatic nitrogens is 2. The molecule has 1 aliphatic rings. The van der Waals surface area contributed by atoms with Gasteiger partial charge in [-0.05, 0) is 37.9 Å². The van der Waals surface area contributed by atoms with Crippen LogP contribution in [0.2, 0.25) is 0 Å². The number of nitrogens with one attached hydrogen (secondary N) is 1. The van der Waals surface area contributed by atoms with Gasteiger partial charge in [0.2, 0.25) is 5.89 Å². The van der Waals surface area contributed by atoms with Gasteiger partial charge in [-0.15, -0.1) is 0 Å². The van der Waals surface area contributed by atoms with E-state index in [1.165, 1.54) is 11.1 Å². The average molecular weight is 257 g/mol. The maximum absolute atomic E-state index is 5.36. The first-order chi connectivity index (χ1) is 9.28. The lowest BCUT2D eigenvalue weighted by Crippen LogP contribution is -2.23. The van der Waals surface area contributed by atoms with Crippen molar-refractivity contribution in [2.75, 3.05) is 7.05 Å². The van der Waals surface area contributed by atoms with E-state index in [4.69, 9.17) is 4.52 Å². The molecule has 0 fully saturated rings. The Kier molecular flexibility index (Phi) is 3.34. The van der Waals surface area contributed by atoms with Gasteiger partial charge in [-0.25, -0.2) is 0 Å². The fourth-order valence-corrected chi connectivity index (χ4v) is 2.68. The Morgan fingerprint density at radius 3 is 3.11 bits per heavy atom. The van der Waals surface area contributed by atoms with E-state index in [1.54, 1.807) is 0 Å². The lowest BCUT2D eigenvalue weighted by atomic mass is 10.0. The molecule has 3 rings (SSSR count). The molecule has 2 unspecified atom stereocenters. The molecule has 2 aromatic rings. The van der Waals surface area contributed by atoms with Crippen LogP contribution in [-0.2, 0) is 12.8 Å². The molecular formula is C15H19N3O. The van der Waals surface area contributed by atoms with Crippen molar-refractivity contribution in [3.05, 3.63) is 47.1 Å². The summed E-state index contributed by atoms with van der Waals surface area (Å²) in [5.74, 6) is 1.86. The molecule has 0 saturated heterocycles. The standard InChI is InChI=1S/C15H19N3O/c1-10(16-2)9-14-17-15(18-19-14)13-8-7-11-5-3-4-6-12(11)13/h3-6,10,13,16H,7-9H2,1-2H3. The molecule has 0 saturated carbocycles. The smallest absolute Gasteiger partial charge is 0.228 e. The van der Waals surface area contributed by atoms with Crippen LogP contribution in [0.5, 0.6) is 0 Å². The Balaban J connectivity index is 1.81. The summed E-state index contributed by atoms with van der Waals surface area (Å²) < 4.78 is 5.36. The number of nitrogens with zero attached hydrogens (tertiary/aromatic N) is 2. The molecule has 2 atom stereocenters. The molecular weight excluding hydrogens is 238 g/mol. The summed E-state index contributed by atoms with van der Waals surface area (Å²) >= 11 is 0. The molecule has 0 bridgehead atoms. The zero-order chi connectivity index (χ0) is 13.2. The van der Waals surface area contributed by atoms with Crippen molar-refractivity contribution >= 4 is 0 Å². The zero-order valence-corrected chi connectivity index (χ0v) is 11.4. The third-order valence-electron chi connectivity index (χ3n) is 3.90. The summed E-state index contributed by atoms with van der Waals surface area (Å²) in [6.07, 6.45) is 2.97. The molecule has 0 spiro atoms. The highest BCUT2D eigenvalue weighted by Gasteiger charge is 2.27. The van der Waals surface area contributed by atoms with Gasteiger partial charge in [-0.2, -0.15) is 4.98 Å². The molecule has 1 aromatic heterocycles. The Morgan fingerprint density at radius 1 is 1.42 bits per heavy atom. The number of rotatable bonds is 4. The number of likely N-dealkylation sites (N-methyl/N-ethyl adjacent to an activating group) is 1. The van der Waals surface area contributed by atoms with Gasteiger partial charge in [0.25, 0.3) is 0 Å². The predicted molar refractivity (Wildman–Crippen MR) is 73.1 cm³/mol. The van der Waals surface area contributed by atoms with E-state index in [0.29, 0.717) is 12.0 Å². The lowest BCUT2D eigenvalue weighted by molar-refractivity contribution is 0.359. The number of hydrogen-bond acceptors (Lipinski definition) is 4. The Hall–Kier alpha value is -1.68. The Labute approximate surface area is 113 Å². The maximum atomic E-state index is 5.36. The fourth-order valence-electron chi connectivity index (χ4n) is 2.68. The highest BCUT2D eigenvalue weighted by Crippen LogP contribution is 2.36. The van der Waals surface area contributed by atoms with Crippen LogP contribution in [0.1, 0.15) is 42.1 Å². The summed E-state index contributed by atoms with van der Waals surface area (Å²) in [6, 6.07) is 8.90. The van der Waals surface area contributed by atoms with E-state index >= 15 is 0 Å². The third-order valence-corrected chi connectivity index (χ3v) is 3.90. The Morgan fingerprint density at radius 2 is 2.26 bits per heavy atom. The monoisotopic (exact) mass is 257 g/mol. The summed E-state index contributed by atoms with van der Waals surface area (Å²) in [4.78, 5) is 4.56. The molecule has 4 heteroatoms. The first-order valence-electron chi connectivity index (χ1n) is 6.85. The quantitative estimate of drug-likeness (QED) is 0.913. The molecule has 0 aliphatic heterocycles. The second-order valence-corrected chi connectivity index (χ2v) is 5.23. The number of fused-ring (bicyclic) bond motifs is 1. The van der Waals surface area contributed by atoms with Crippen LogP contribution in [0, 0.1) is 0 Å². The average Bonchev–Trinajstić information content (AvgIpc) is 3.04. The predicted octanol–water partition coefficient (Wildman–Crippen LogP) is 2.30. The molecule has 4 nitrogen and oxygen atoms in total. The van der Waals surface area contributed by atoms with Crippen molar-refractivity contribution in [2.24, 2.45) is 0 Å². The molecule has 1 heterocycles. The van der Waals surface area contributed by atoms with Gasteiger partial charge < -0.3 is 9.84 Å².